The summed E-state index contributed by atoms with van der Waals surface area (Å²) in [5, 5.41) is 3.31. The molecule has 0 aromatic carbocycles. The summed E-state index contributed by atoms with van der Waals surface area (Å²) in [4.78, 5) is 16.6. The maximum Gasteiger partial charge on any atom is 0.248 e. The van der Waals surface area contributed by atoms with Gasteiger partial charge in [-0.15, -0.1) is 12.4 Å². The summed E-state index contributed by atoms with van der Waals surface area (Å²) in [6, 6.07) is 0. The molecule has 0 atom stereocenters. The molecule has 5 nitrogen and oxygen atoms in total. The van der Waals surface area contributed by atoms with E-state index < -0.39 is 0 Å². The standard InChI is InChI=1S/C15H27N3O2.ClH/c19-15(12-20-14-3-5-16-6-4-14)18-9-7-17(8-10-18)11-13-1-2-13;/h13-14,16H,1-12H2;1H. The van der Waals surface area contributed by atoms with Gasteiger partial charge in [0.2, 0.25) is 5.91 Å². The van der Waals surface area contributed by atoms with E-state index in [0.717, 1.165) is 58.0 Å². The fourth-order valence-corrected chi connectivity index (χ4v) is 3.09. The van der Waals surface area contributed by atoms with Crippen LogP contribution in [0.15, 0.2) is 0 Å². The largest absolute Gasteiger partial charge is 0.368 e. The van der Waals surface area contributed by atoms with Crippen LogP contribution in [0.4, 0.5) is 0 Å². The van der Waals surface area contributed by atoms with Gasteiger partial charge in [-0.2, -0.15) is 0 Å². The predicted molar refractivity (Wildman–Crippen MR) is 84.8 cm³/mol. The first-order valence-corrected chi connectivity index (χ1v) is 8.14. The zero-order valence-electron chi connectivity index (χ0n) is 12.8. The SMILES string of the molecule is Cl.O=C(COC1CCNCC1)N1CCN(CC2CC2)CC1. The van der Waals surface area contributed by atoms with Crippen LogP contribution in [-0.4, -0.2) is 74.2 Å². The molecular weight excluding hydrogens is 290 g/mol. The van der Waals surface area contributed by atoms with Crippen molar-refractivity contribution in [1.29, 1.82) is 0 Å². The van der Waals surface area contributed by atoms with Crippen LogP contribution in [0.1, 0.15) is 25.7 Å². The minimum absolute atomic E-state index is 0. The van der Waals surface area contributed by atoms with Gasteiger partial charge in [0.05, 0.1) is 6.10 Å². The Morgan fingerprint density at radius 2 is 1.71 bits per heavy atom. The van der Waals surface area contributed by atoms with Crippen molar-refractivity contribution in [1.82, 2.24) is 15.1 Å². The fourth-order valence-electron chi connectivity index (χ4n) is 3.09. The summed E-state index contributed by atoms with van der Waals surface area (Å²) >= 11 is 0. The van der Waals surface area contributed by atoms with Crippen molar-refractivity contribution in [2.45, 2.75) is 31.8 Å². The zero-order valence-corrected chi connectivity index (χ0v) is 13.6. The Hall–Kier alpha value is -0.360. The van der Waals surface area contributed by atoms with Crippen molar-refractivity contribution in [2.75, 3.05) is 52.4 Å². The van der Waals surface area contributed by atoms with Crippen LogP contribution in [0, 0.1) is 5.92 Å². The lowest BCUT2D eigenvalue weighted by Crippen LogP contribution is -2.50. The molecule has 1 saturated carbocycles. The average molecular weight is 318 g/mol. The Morgan fingerprint density at radius 1 is 1.05 bits per heavy atom. The second-order valence-electron chi connectivity index (χ2n) is 6.39. The number of nitrogens with zero attached hydrogens (tertiary/aromatic N) is 2. The van der Waals surface area contributed by atoms with Crippen LogP contribution in [0.25, 0.3) is 0 Å². The molecule has 3 rings (SSSR count). The van der Waals surface area contributed by atoms with Crippen LogP contribution in [0.2, 0.25) is 0 Å². The lowest BCUT2D eigenvalue weighted by Gasteiger charge is -2.35. The first-order valence-electron chi connectivity index (χ1n) is 8.14. The number of rotatable bonds is 5. The van der Waals surface area contributed by atoms with Crippen molar-refractivity contribution in [3.63, 3.8) is 0 Å². The van der Waals surface area contributed by atoms with E-state index in [4.69, 9.17) is 4.74 Å². The molecule has 1 aliphatic carbocycles. The molecule has 3 aliphatic rings. The Kier molecular flexibility index (Phi) is 6.74. The summed E-state index contributed by atoms with van der Waals surface area (Å²) in [7, 11) is 0. The van der Waals surface area contributed by atoms with E-state index in [1.54, 1.807) is 0 Å². The Bertz CT molecular complexity index is 325. The molecular formula is C15H28ClN3O2. The number of amides is 1. The average Bonchev–Trinajstić information content (AvgIpc) is 3.31. The van der Waals surface area contributed by atoms with E-state index in [2.05, 4.69) is 10.2 Å². The van der Waals surface area contributed by atoms with E-state index >= 15 is 0 Å². The van der Waals surface area contributed by atoms with Gasteiger partial charge in [0.25, 0.3) is 0 Å². The highest BCUT2D eigenvalue weighted by Crippen LogP contribution is 2.29. The Morgan fingerprint density at radius 3 is 2.33 bits per heavy atom. The van der Waals surface area contributed by atoms with Gasteiger partial charge >= 0.3 is 0 Å². The van der Waals surface area contributed by atoms with Crippen molar-refractivity contribution in [3.05, 3.63) is 0 Å². The molecule has 0 spiro atoms. The quantitative estimate of drug-likeness (QED) is 0.812. The monoisotopic (exact) mass is 317 g/mol. The number of carbonyl (C=O) groups is 1. The molecule has 6 heteroatoms. The number of hydrogen-bond acceptors (Lipinski definition) is 4. The van der Waals surface area contributed by atoms with Crippen molar-refractivity contribution >= 4 is 18.3 Å². The molecule has 0 radical (unpaired) electrons. The molecule has 1 N–H and O–H groups in total. The Balaban J connectivity index is 0.00000161. The molecule has 2 aliphatic heterocycles. The number of nitrogens with one attached hydrogen (secondary N) is 1. The van der Waals surface area contributed by atoms with Crippen LogP contribution >= 0.6 is 12.4 Å². The summed E-state index contributed by atoms with van der Waals surface area (Å²) < 4.78 is 5.75. The normalized spacial score (nSPS) is 24.7. The first-order chi connectivity index (χ1) is 9.81. The molecule has 0 bridgehead atoms. The topological polar surface area (TPSA) is 44.8 Å². The molecule has 2 saturated heterocycles. The third kappa shape index (κ3) is 5.40. The maximum absolute atomic E-state index is 12.1. The minimum Gasteiger partial charge on any atom is -0.368 e. The Labute approximate surface area is 133 Å². The third-order valence-electron chi connectivity index (χ3n) is 4.67. The van der Waals surface area contributed by atoms with Gasteiger partial charge in [-0.05, 0) is 44.7 Å². The number of halogens is 1. The number of piperidine rings is 1. The van der Waals surface area contributed by atoms with Gasteiger partial charge in [-0.25, -0.2) is 0 Å². The molecule has 1 amide bonds. The second kappa shape index (κ2) is 8.32. The number of ether oxygens (including phenoxy) is 1. The zero-order chi connectivity index (χ0) is 13.8. The highest BCUT2D eigenvalue weighted by molar-refractivity contribution is 5.85. The molecule has 21 heavy (non-hydrogen) atoms. The van der Waals surface area contributed by atoms with Gasteiger partial charge in [0.15, 0.2) is 0 Å². The summed E-state index contributed by atoms with van der Waals surface area (Å²) in [6.45, 7) is 7.37. The number of hydrogen-bond donors (Lipinski definition) is 1. The van der Waals surface area contributed by atoms with E-state index in [0.29, 0.717) is 0 Å². The van der Waals surface area contributed by atoms with E-state index in [-0.39, 0.29) is 31.0 Å². The molecule has 2 heterocycles. The molecule has 3 fully saturated rings. The lowest BCUT2D eigenvalue weighted by molar-refractivity contribution is -0.140. The van der Waals surface area contributed by atoms with Crippen LogP contribution in [0.3, 0.4) is 0 Å². The van der Waals surface area contributed by atoms with Crippen molar-refractivity contribution in [2.24, 2.45) is 5.92 Å². The molecule has 0 unspecified atom stereocenters. The smallest absolute Gasteiger partial charge is 0.248 e. The fraction of sp³-hybridized carbons (Fsp3) is 0.933. The van der Waals surface area contributed by atoms with Gasteiger partial charge in [-0.3, -0.25) is 9.69 Å². The highest BCUT2D eigenvalue weighted by Gasteiger charge is 2.27. The summed E-state index contributed by atoms with van der Waals surface area (Å²) in [5.41, 5.74) is 0. The molecule has 122 valence electrons. The van der Waals surface area contributed by atoms with E-state index in [1.165, 1.54) is 19.4 Å². The summed E-state index contributed by atoms with van der Waals surface area (Å²) in [5.74, 6) is 1.12. The van der Waals surface area contributed by atoms with E-state index in [9.17, 15) is 4.79 Å². The molecule has 0 aromatic heterocycles. The third-order valence-corrected chi connectivity index (χ3v) is 4.67. The number of piperazine rings is 1. The molecule has 0 aromatic rings. The maximum atomic E-state index is 12.1. The lowest BCUT2D eigenvalue weighted by atomic mass is 10.1. The first kappa shape index (κ1) is 17.0. The van der Waals surface area contributed by atoms with E-state index in [1.807, 2.05) is 4.90 Å². The van der Waals surface area contributed by atoms with Crippen molar-refractivity contribution < 1.29 is 9.53 Å². The minimum atomic E-state index is 0. The van der Waals surface area contributed by atoms with Crippen LogP contribution in [0.5, 0.6) is 0 Å². The summed E-state index contributed by atoms with van der Waals surface area (Å²) in [6.07, 6.45) is 5.15. The van der Waals surface area contributed by atoms with Gasteiger partial charge in [0, 0.05) is 32.7 Å². The van der Waals surface area contributed by atoms with Crippen LogP contribution in [-0.2, 0) is 9.53 Å². The van der Waals surface area contributed by atoms with Gasteiger partial charge < -0.3 is 15.0 Å². The predicted octanol–water partition coefficient (Wildman–Crippen LogP) is 0.731. The highest BCUT2D eigenvalue weighted by atomic mass is 35.5. The number of carbonyl (C=O) groups excluding carboxylic acids is 1. The van der Waals surface area contributed by atoms with Gasteiger partial charge in [-0.1, -0.05) is 0 Å². The second-order valence-corrected chi connectivity index (χ2v) is 6.39. The van der Waals surface area contributed by atoms with Crippen LogP contribution < -0.4 is 5.32 Å². The van der Waals surface area contributed by atoms with Gasteiger partial charge in [0.1, 0.15) is 6.61 Å². The van der Waals surface area contributed by atoms with Crippen molar-refractivity contribution in [3.8, 4) is 0 Å².